The first-order valence-electron chi connectivity index (χ1n) is 6.46. The van der Waals surface area contributed by atoms with Crippen molar-refractivity contribution in [3.05, 3.63) is 65.7 Å². The van der Waals surface area contributed by atoms with Crippen molar-refractivity contribution in [2.45, 2.75) is 0 Å². The van der Waals surface area contributed by atoms with Crippen molar-refractivity contribution in [1.82, 2.24) is 0 Å². The van der Waals surface area contributed by atoms with Gasteiger partial charge in [-0.3, -0.25) is 0 Å². The van der Waals surface area contributed by atoms with Gasteiger partial charge in [-0.2, -0.15) is 0 Å². The number of carbonyl (C=O) groups is 2. The summed E-state index contributed by atoms with van der Waals surface area (Å²) in [7, 11) is 1.32. The van der Waals surface area contributed by atoms with Gasteiger partial charge < -0.3 is 14.6 Å². The van der Waals surface area contributed by atoms with Crippen molar-refractivity contribution in [3.63, 3.8) is 0 Å². The van der Waals surface area contributed by atoms with Crippen LogP contribution in [-0.4, -0.2) is 24.2 Å². The van der Waals surface area contributed by atoms with Gasteiger partial charge in [0.1, 0.15) is 11.5 Å². The molecule has 22 heavy (non-hydrogen) atoms. The summed E-state index contributed by atoms with van der Waals surface area (Å²) in [6.07, 6.45) is 2.56. The van der Waals surface area contributed by atoms with Crippen LogP contribution >= 0.6 is 0 Å². The largest absolute Gasteiger partial charge is 0.478 e. The van der Waals surface area contributed by atoms with E-state index in [1.54, 1.807) is 48.5 Å². The molecule has 0 saturated carbocycles. The molecule has 2 aromatic rings. The van der Waals surface area contributed by atoms with E-state index in [0.29, 0.717) is 17.1 Å². The number of hydrogen-bond acceptors (Lipinski definition) is 4. The van der Waals surface area contributed by atoms with E-state index >= 15 is 0 Å². The van der Waals surface area contributed by atoms with E-state index in [9.17, 15) is 9.59 Å². The second kappa shape index (κ2) is 7.08. The van der Waals surface area contributed by atoms with Gasteiger partial charge >= 0.3 is 11.9 Å². The first-order chi connectivity index (χ1) is 10.6. The lowest BCUT2D eigenvalue weighted by molar-refractivity contribution is -0.131. The molecule has 0 bridgehead atoms. The quantitative estimate of drug-likeness (QED) is 0.677. The van der Waals surface area contributed by atoms with E-state index in [2.05, 4.69) is 4.74 Å². The van der Waals surface area contributed by atoms with Crippen molar-refractivity contribution in [2.24, 2.45) is 0 Å². The average molecular weight is 298 g/mol. The van der Waals surface area contributed by atoms with E-state index in [1.165, 1.54) is 13.2 Å². The van der Waals surface area contributed by atoms with Crippen molar-refractivity contribution < 1.29 is 24.2 Å². The highest BCUT2D eigenvalue weighted by molar-refractivity contribution is 5.89. The van der Waals surface area contributed by atoms with Crippen LogP contribution in [0.3, 0.4) is 0 Å². The Labute approximate surface area is 127 Å². The summed E-state index contributed by atoms with van der Waals surface area (Å²) in [5.74, 6) is -0.342. The third-order valence-corrected chi connectivity index (χ3v) is 2.79. The maximum Gasteiger partial charge on any atom is 0.337 e. The van der Waals surface area contributed by atoms with Gasteiger partial charge in [-0.1, -0.05) is 18.2 Å². The Morgan fingerprint density at radius 2 is 1.77 bits per heavy atom. The van der Waals surface area contributed by atoms with Crippen molar-refractivity contribution >= 4 is 18.0 Å². The molecule has 0 radical (unpaired) electrons. The van der Waals surface area contributed by atoms with Crippen LogP contribution in [0.5, 0.6) is 11.5 Å². The molecule has 0 unspecified atom stereocenters. The van der Waals surface area contributed by atoms with Crippen molar-refractivity contribution in [1.29, 1.82) is 0 Å². The summed E-state index contributed by atoms with van der Waals surface area (Å²) in [6.45, 7) is 0. The fourth-order valence-corrected chi connectivity index (χ4v) is 1.75. The third kappa shape index (κ3) is 4.21. The van der Waals surface area contributed by atoms with Gasteiger partial charge in [-0.25, -0.2) is 9.59 Å². The van der Waals surface area contributed by atoms with Crippen LogP contribution in [0.1, 0.15) is 15.9 Å². The highest BCUT2D eigenvalue weighted by Crippen LogP contribution is 2.23. The highest BCUT2D eigenvalue weighted by Gasteiger charge is 2.06. The number of carbonyl (C=O) groups excluding carboxylic acids is 1. The zero-order valence-electron chi connectivity index (χ0n) is 11.9. The SMILES string of the molecule is COC(=O)c1cccc(Oc2ccc(/C=C/C(=O)O)cc2)c1. The van der Waals surface area contributed by atoms with Gasteiger partial charge in [0, 0.05) is 6.08 Å². The van der Waals surface area contributed by atoms with Gasteiger partial charge in [-0.15, -0.1) is 0 Å². The summed E-state index contributed by atoms with van der Waals surface area (Å²) in [5, 5.41) is 8.57. The molecule has 0 saturated heterocycles. The zero-order valence-corrected chi connectivity index (χ0v) is 11.9. The molecule has 0 spiro atoms. The normalized spacial score (nSPS) is 10.4. The number of esters is 1. The third-order valence-electron chi connectivity index (χ3n) is 2.79. The van der Waals surface area contributed by atoms with Crippen LogP contribution in [0.4, 0.5) is 0 Å². The number of hydrogen-bond donors (Lipinski definition) is 1. The van der Waals surface area contributed by atoms with Crippen molar-refractivity contribution in [2.75, 3.05) is 7.11 Å². The molecule has 112 valence electrons. The number of carboxylic acids is 1. The second-order valence-electron chi connectivity index (χ2n) is 4.36. The molecule has 0 amide bonds. The molecular formula is C17H14O5. The first-order valence-corrected chi connectivity index (χ1v) is 6.46. The monoisotopic (exact) mass is 298 g/mol. The van der Waals surface area contributed by atoms with Crippen LogP contribution in [0.15, 0.2) is 54.6 Å². The van der Waals surface area contributed by atoms with Crippen LogP contribution in [0, 0.1) is 0 Å². The van der Waals surface area contributed by atoms with E-state index in [1.807, 2.05) is 0 Å². The number of benzene rings is 2. The molecule has 0 heterocycles. The molecule has 0 aliphatic rings. The minimum atomic E-state index is -1.00. The Bertz CT molecular complexity index is 701. The molecule has 0 aliphatic heterocycles. The van der Waals surface area contributed by atoms with Gasteiger partial charge in [-0.05, 0) is 42.0 Å². The molecule has 2 rings (SSSR count). The minimum absolute atomic E-state index is 0.404. The molecule has 0 aromatic heterocycles. The van der Waals surface area contributed by atoms with Gasteiger partial charge in [0.2, 0.25) is 0 Å². The van der Waals surface area contributed by atoms with Gasteiger partial charge in [0.15, 0.2) is 0 Å². The number of carboxylic acid groups (broad SMARTS) is 1. The summed E-state index contributed by atoms with van der Waals surface area (Å²) in [4.78, 5) is 21.9. The van der Waals surface area contributed by atoms with Crippen LogP contribution in [-0.2, 0) is 9.53 Å². The van der Waals surface area contributed by atoms with Crippen LogP contribution < -0.4 is 4.74 Å². The number of ether oxygens (including phenoxy) is 2. The Balaban J connectivity index is 2.11. The van der Waals surface area contributed by atoms with Crippen molar-refractivity contribution in [3.8, 4) is 11.5 Å². The fourth-order valence-electron chi connectivity index (χ4n) is 1.75. The first kappa shape index (κ1) is 15.3. The topological polar surface area (TPSA) is 72.8 Å². The standard InChI is InChI=1S/C17H14O5/c1-21-17(20)13-3-2-4-15(11-13)22-14-8-5-12(6-9-14)7-10-16(18)19/h2-11H,1H3,(H,18,19)/b10-7+. The molecule has 1 N–H and O–H groups in total. The Kier molecular flexibility index (Phi) is 4.93. The smallest absolute Gasteiger partial charge is 0.337 e. The Morgan fingerprint density at radius 3 is 2.41 bits per heavy atom. The zero-order chi connectivity index (χ0) is 15.9. The minimum Gasteiger partial charge on any atom is -0.478 e. The number of aliphatic carboxylic acids is 1. The highest BCUT2D eigenvalue weighted by atomic mass is 16.5. The van der Waals surface area contributed by atoms with E-state index < -0.39 is 11.9 Å². The molecule has 2 aromatic carbocycles. The summed E-state index contributed by atoms with van der Waals surface area (Å²) in [6, 6.07) is 13.6. The lowest BCUT2D eigenvalue weighted by Crippen LogP contribution is -2.00. The number of methoxy groups -OCH3 is 1. The molecule has 5 nitrogen and oxygen atoms in total. The Morgan fingerprint density at radius 1 is 1.05 bits per heavy atom. The lowest BCUT2D eigenvalue weighted by Gasteiger charge is -2.07. The van der Waals surface area contributed by atoms with Gasteiger partial charge in [0.05, 0.1) is 12.7 Å². The summed E-state index contributed by atoms with van der Waals surface area (Å²) >= 11 is 0. The van der Waals surface area contributed by atoms with E-state index in [4.69, 9.17) is 9.84 Å². The molecule has 5 heteroatoms. The van der Waals surface area contributed by atoms with E-state index in [-0.39, 0.29) is 0 Å². The Hall–Kier alpha value is -3.08. The molecule has 0 atom stereocenters. The maximum atomic E-state index is 11.5. The predicted molar refractivity (Wildman–Crippen MR) is 81.0 cm³/mol. The maximum absolute atomic E-state index is 11.5. The average Bonchev–Trinajstić information content (AvgIpc) is 2.53. The fraction of sp³-hybridized carbons (Fsp3) is 0.0588. The number of rotatable bonds is 5. The van der Waals surface area contributed by atoms with Crippen LogP contribution in [0.2, 0.25) is 0 Å². The van der Waals surface area contributed by atoms with Gasteiger partial charge in [0.25, 0.3) is 0 Å². The second-order valence-corrected chi connectivity index (χ2v) is 4.36. The molecule has 0 aliphatic carbocycles. The lowest BCUT2D eigenvalue weighted by atomic mass is 10.2. The summed E-state index contributed by atoms with van der Waals surface area (Å²) < 4.78 is 10.3. The molecule has 0 fully saturated rings. The molecular weight excluding hydrogens is 284 g/mol. The van der Waals surface area contributed by atoms with Crippen LogP contribution in [0.25, 0.3) is 6.08 Å². The summed E-state index contributed by atoms with van der Waals surface area (Å²) in [5.41, 5.74) is 1.15. The van der Waals surface area contributed by atoms with E-state index in [0.717, 1.165) is 11.6 Å². The predicted octanol–water partition coefficient (Wildman–Crippen LogP) is 3.36.